The van der Waals surface area contributed by atoms with Crippen LogP contribution in [0.15, 0.2) is 22.7 Å². The first-order valence-corrected chi connectivity index (χ1v) is 11.4. The summed E-state index contributed by atoms with van der Waals surface area (Å²) in [6, 6.07) is 4.38. The van der Waals surface area contributed by atoms with E-state index in [9.17, 15) is 14.4 Å². The molecule has 1 atom stereocenters. The number of hydrogen-bond acceptors (Lipinski definition) is 5. The zero-order valence-electron chi connectivity index (χ0n) is 17.7. The van der Waals surface area contributed by atoms with Crippen molar-refractivity contribution in [2.75, 3.05) is 26.3 Å². The van der Waals surface area contributed by atoms with Crippen LogP contribution >= 0.6 is 15.9 Å². The molecule has 1 fully saturated rings. The maximum Gasteiger partial charge on any atom is 0.308 e. The van der Waals surface area contributed by atoms with Crippen molar-refractivity contribution in [3.8, 4) is 5.75 Å². The quantitative estimate of drug-likeness (QED) is 0.383. The predicted octanol–water partition coefficient (Wildman–Crippen LogP) is 3.69. The molecule has 1 aliphatic heterocycles. The van der Waals surface area contributed by atoms with Crippen LogP contribution in [0.2, 0.25) is 0 Å². The summed E-state index contributed by atoms with van der Waals surface area (Å²) in [5.41, 5.74) is 0.376. The standard InChI is InChI=1S/C22H31BrN2O5/c1-3-5-6-7-13-29-19-9-8-16(23)14-17(19)22(28)25-11-10-24-21(27)18(25)15-20(26)30-12-4-2/h8-9,14,18H,3-7,10-13,15H2,1-2H3,(H,24,27). The van der Waals surface area contributed by atoms with E-state index in [0.717, 1.165) is 30.2 Å². The number of esters is 1. The van der Waals surface area contributed by atoms with Gasteiger partial charge in [-0.05, 0) is 31.0 Å². The molecule has 1 N–H and O–H groups in total. The molecule has 7 nitrogen and oxygen atoms in total. The van der Waals surface area contributed by atoms with Gasteiger partial charge in [0.25, 0.3) is 5.91 Å². The minimum Gasteiger partial charge on any atom is -0.493 e. The van der Waals surface area contributed by atoms with Crippen LogP contribution in [0.5, 0.6) is 5.75 Å². The molecule has 1 heterocycles. The Morgan fingerprint density at radius 2 is 1.97 bits per heavy atom. The van der Waals surface area contributed by atoms with Crippen LogP contribution in [-0.4, -0.2) is 55.0 Å². The Hall–Kier alpha value is -2.09. The van der Waals surface area contributed by atoms with Crippen molar-refractivity contribution >= 4 is 33.7 Å². The van der Waals surface area contributed by atoms with Crippen LogP contribution in [-0.2, 0) is 14.3 Å². The fourth-order valence-corrected chi connectivity index (χ4v) is 3.62. The highest BCUT2D eigenvalue weighted by Gasteiger charge is 2.36. The Morgan fingerprint density at radius 1 is 1.17 bits per heavy atom. The smallest absolute Gasteiger partial charge is 0.308 e. The molecule has 1 saturated heterocycles. The molecule has 166 valence electrons. The average Bonchev–Trinajstić information content (AvgIpc) is 2.74. The van der Waals surface area contributed by atoms with Crippen molar-refractivity contribution in [1.82, 2.24) is 10.2 Å². The average molecular weight is 483 g/mol. The molecule has 30 heavy (non-hydrogen) atoms. The number of amides is 2. The number of rotatable bonds is 11. The minimum atomic E-state index is -0.896. The highest BCUT2D eigenvalue weighted by atomic mass is 79.9. The normalized spacial score (nSPS) is 16.2. The topological polar surface area (TPSA) is 84.9 Å². The van der Waals surface area contributed by atoms with E-state index in [2.05, 4.69) is 28.2 Å². The molecule has 2 rings (SSSR count). The third-order valence-electron chi connectivity index (χ3n) is 4.85. The second-order valence-electron chi connectivity index (χ2n) is 7.28. The SMILES string of the molecule is CCCCCCOc1ccc(Br)cc1C(=O)N1CCNC(=O)C1CC(=O)OCCC. The van der Waals surface area contributed by atoms with Crippen molar-refractivity contribution in [3.05, 3.63) is 28.2 Å². The Bertz CT molecular complexity index is 740. The van der Waals surface area contributed by atoms with Gasteiger partial charge in [-0.3, -0.25) is 14.4 Å². The summed E-state index contributed by atoms with van der Waals surface area (Å²) < 4.78 is 11.7. The van der Waals surface area contributed by atoms with Crippen LogP contribution in [0, 0.1) is 0 Å². The Balaban J connectivity index is 2.16. The highest BCUT2D eigenvalue weighted by Crippen LogP contribution is 2.27. The van der Waals surface area contributed by atoms with Crippen molar-refractivity contribution in [2.24, 2.45) is 0 Å². The second kappa shape index (κ2) is 12.6. The van der Waals surface area contributed by atoms with E-state index in [1.54, 1.807) is 12.1 Å². The number of carbonyl (C=O) groups is 3. The first kappa shape index (κ1) is 24.2. The first-order chi connectivity index (χ1) is 14.5. The number of unbranched alkanes of at least 4 members (excludes halogenated alkanes) is 3. The van der Waals surface area contributed by atoms with E-state index in [0.29, 0.717) is 44.0 Å². The molecule has 0 spiro atoms. The summed E-state index contributed by atoms with van der Waals surface area (Å²) in [5, 5.41) is 2.73. The van der Waals surface area contributed by atoms with Gasteiger partial charge in [0.15, 0.2) is 0 Å². The Labute approximate surface area is 186 Å². The number of benzene rings is 1. The van der Waals surface area contributed by atoms with Gasteiger partial charge in [-0.2, -0.15) is 0 Å². The van der Waals surface area contributed by atoms with Gasteiger partial charge in [-0.15, -0.1) is 0 Å². The van der Waals surface area contributed by atoms with Crippen LogP contribution in [0.4, 0.5) is 0 Å². The Kier molecular flexibility index (Phi) is 10.1. The molecule has 1 aromatic carbocycles. The summed E-state index contributed by atoms with van der Waals surface area (Å²) in [4.78, 5) is 39.3. The number of carbonyl (C=O) groups excluding carboxylic acids is 3. The molecule has 8 heteroatoms. The van der Waals surface area contributed by atoms with Gasteiger partial charge in [0.1, 0.15) is 11.8 Å². The largest absolute Gasteiger partial charge is 0.493 e. The van der Waals surface area contributed by atoms with Crippen LogP contribution < -0.4 is 10.1 Å². The minimum absolute atomic E-state index is 0.168. The number of hydrogen-bond donors (Lipinski definition) is 1. The molecule has 2 amide bonds. The number of ether oxygens (including phenoxy) is 2. The van der Waals surface area contributed by atoms with E-state index in [1.165, 1.54) is 4.90 Å². The lowest BCUT2D eigenvalue weighted by Gasteiger charge is -2.35. The Morgan fingerprint density at radius 3 is 2.70 bits per heavy atom. The zero-order chi connectivity index (χ0) is 21.9. The van der Waals surface area contributed by atoms with Crippen LogP contribution in [0.3, 0.4) is 0 Å². The lowest BCUT2D eigenvalue weighted by Crippen LogP contribution is -2.57. The molecular weight excluding hydrogens is 452 g/mol. The number of nitrogens with one attached hydrogen (secondary N) is 1. The second-order valence-corrected chi connectivity index (χ2v) is 8.20. The highest BCUT2D eigenvalue weighted by molar-refractivity contribution is 9.10. The maximum absolute atomic E-state index is 13.4. The molecule has 0 saturated carbocycles. The molecule has 0 bridgehead atoms. The van der Waals surface area contributed by atoms with Gasteiger partial charge in [-0.25, -0.2) is 0 Å². The van der Waals surface area contributed by atoms with Crippen molar-refractivity contribution in [2.45, 2.75) is 58.4 Å². The van der Waals surface area contributed by atoms with Crippen molar-refractivity contribution in [1.29, 1.82) is 0 Å². The summed E-state index contributed by atoms with van der Waals surface area (Å²) in [7, 11) is 0. The van der Waals surface area contributed by atoms with Crippen molar-refractivity contribution < 1.29 is 23.9 Å². The maximum atomic E-state index is 13.4. The molecule has 1 aliphatic rings. The van der Waals surface area contributed by atoms with Gasteiger partial charge in [0.2, 0.25) is 5.91 Å². The van der Waals surface area contributed by atoms with E-state index in [-0.39, 0.29) is 18.2 Å². The van der Waals surface area contributed by atoms with E-state index in [4.69, 9.17) is 9.47 Å². The predicted molar refractivity (Wildman–Crippen MR) is 117 cm³/mol. The zero-order valence-corrected chi connectivity index (χ0v) is 19.3. The third-order valence-corrected chi connectivity index (χ3v) is 5.34. The van der Waals surface area contributed by atoms with Gasteiger partial charge in [0.05, 0.1) is 25.2 Å². The van der Waals surface area contributed by atoms with Crippen molar-refractivity contribution in [3.63, 3.8) is 0 Å². The third kappa shape index (κ3) is 7.00. The first-order valence-electron chi connectivity index (χ1n) is 10.6. The molecular formula is C22H31BrN2O5. The van der Waals surface area contributed by atoms with Gasteiger partial charge in [0, 0.05) is 17.6 Å². The van der Waals surface area contributed by atoms with Crippen LogP contribution in [0.1, 0.15) is 62.7 Å². The fraction of sp³-hybridized carbons (Fsp3) is 0.591. The summed E-state index contributed by atoms with van der Waals surface area (Å²) in [5.74, 6) is -0.681. The molecule has 0 radical (unpaired) electrons. The van der Waals surface area contributed by atoms with Crippen LogP contribution in [0.25, 0.3) is 0 Å². The fourth-order valence-electron chi connectivity index (χ4n) is 3.25. The molecule has 1 unspecified atom stereocenters. The molecule has 0 aromatic heterocycles. The lowest BCUT2D eigenvalue weighted by molar-refractivity contribution is -0.147. The summed E-state index contributed by atoms with van der Waals surface area (Å²) in [6.07, 6.45) is 4.80. The number of halogens is 1. The van der Waals surface area contributed by atoms with E-state index in [1.807, 2.05) is 13.0 Å². The van der Waals surface area contributed by atoms with E-state index < -0.39 is 12.0 Å². The molecule has 1 aromatic rings. The molecule has 0 aliphatic carbocycles. The number of nitrogens with zero attached hydrogens (tertiary/aromatic N) is 1. The van der Waals surface area contributed by atoms with E-state index >= 15 is 0 Å². The van der Waals surface area contributed by atoms with Gasteiger partial charge >= 0.3 is 5.97 Å². The van der Waals surface area contributed by atoms with Gasteiger partial charge in [-0.1, -0.05) is 49.0 Å². The monoisotopic (exact) mass is 482 g/mol. The summed E-state index contributed by atoms with van der Waals surface area (Å²) in [6.45, 7) is 5.52. The van der Waals surface area contributed by atoms with Gasteiger partial charge < -0.3 is 19.7 Å². The lowest BCUT2D eigenvalue weighted by atomic mass is 10.1. The number of piperazine rings is 1. The summed E-state index contributed by atoms with van der Waals surface area (Å²) >= 11 is 3.41.